The van der Waals surface area contributed by atoms with Gasteiger partial charge in [-0.3, -0.25) is 4.90 Å². The zero-order valence-electron chi connectivity index (χ0n) is 10.2. The molecule has 1 aromatic rings. The standard InChI is InChI=1S/C13H14F3NO2/c14-13(15,16)5-7-17-6-4-10-9(8-17)2-1-3-11(10)12(18)19/h1-3H,4-8H2,(H,18,19). The van der Waals surface area contributed by atoms with Crippen molar-refractivity contribution in [1.29, 1.82) is 0 Å². The van der Waals surface area contributed by atoms with Crippen LogP contribution in [0.2, 0.25) is 0 Å². The van der Waals surface area contributed by atoms with Crippen molar-refractivity contribution in [2.45, 2.75) is 25.6 Å². The number of halogens is 3. The van der Waals surface area contributed by atoms with E-state index in [0.717, 1.165) is 11.1 Å². The number of carboxylic acid groups (broad SMARTS) is 1. The molecule has 1 aliphatic heterocycles. The van der Waals surface area contributed by atoms with Gasteiger partial charge in [0.1, 0.15) is 0 Å². The van der Waals surface area contributed by atoms with Gasteiger partial charge in [-0.1, -0.05) is 12.1 Å². The molecule has 0 atom stereocenters. The van der Waals surface area contributed by atoms with Gasteiger partial charge in [0.05, 0.1) is 12.0 Å². The van der Waals surface area contributed by atoms with Crippen LogP contribution in [0.4, 0.5) is 13.2 Å². The fourth-order valence-electron chi connectivity index (χ4n) is 2.34. The number of fused-ring (bicyclic) bond motifs is 1. The summed E-state index contributed by atoms with van der Waals surface area (Å²) >= 11 is 0. The molecule has 1 aromatic carbocycles. The van der Waals surface area contributed by atoms with E-state index >= 15 is 0 Å². The lowest BCUT2D eigenvalue weighted by molar-refractivity contribution is -0.138. The van der Waals surface area contributed by atoms with Crippen molar-refractivity contribution in [2.75, 3.05) is 13.1 Å². The SMILES string of the molecule is O=C(O)c1cccc2c1CCN(CCC(F)(F)F)C2. The Kier molecular flexibility index (Phi) is 3.80. The second kappa shape index (κ2) is 5.21. The van der Waals surface area contributed by atoms with Crippen LogP contribution in [0, 0.1) is 0 Å². The van der Waals surface area contributed by atoms with Crippen molar-refractivity contribution in [3.63, 3.8) is 0 Å². The summed E-state index contributed by atoms with van der Waals surface area (Å²) in [5.41, 5.74) is 1.82. The Morgan fingerprint density at radius 3 is 2.74 bits per heavy atom. The summed E-state index contributed by atoms with van der Waals surface area (Å²) in [6.45, 7) is 0.806. The maximum absolute atomic E-state index is 12.2. The van der Waals surface area contributed by atoms with Crippen LogP contribution < -0.4 is 0 Å². The number of aromatic carboxylic acids is 1. The average molecular weight is 273 g/mol. The molecule has 0 fully saturated rings. The van der Waals surface area contributed by atoms with Crippen molar-refractivity contribution in [1.82, 2.24) is 4.90 Å². The predicted molar refractivity (Wildman–Crippen MR) is 63.1 cm³/mol. The Labute approximate surface area is 108 Å². The highest BCUT2D eigenvalue weighted by molar-refractivity contribution is 5.89. The molecule has 3 nitrogen and oxygen atoms in total. The van der Waals surface area contributed by atoms with Crippen molar-refractivity contribution < 1.29 is 23.1 Å². The number of hydrogen-bond donors (Lipinski definition) is 1. The number of hydrogen-bond acceptors (Lipinski definition) is 2. The van der Waals surface area contributed by atoms with Crippen LogP contribution in [0.15, 0.2) is 18.2 Å². The van der Waals surface area contributed by atoms with E-state index in [1.54, 1.807) is 17.0 Å². The van der Waals surface area contributed by atoms with E-state index in [1.165, 1.54) is 6.07 Å². The first kappa shape index (κ1) is 13.9. The number of rotatable bonds is 3. The molecule has 0 radical (unpaired) electrons. The highest BCUT2D eigenvalue weighted by Crippen LogP contribution is 2.25. The number of alkyl halides is 3. The molecular weight excluding hydrogens is 259 g/mol. The molecule has 0 saturated heterocycles. The quantitative estimate of drug-likeness (QED) is 0.920. The molecule has 0 aliphatic carbocycles. The van der Waals surface area contributed by atoms with Crippen molar-refractivity contribution in [2.24, 2.45) is 0 Å². The number of nitrogens with zero attached hydrogens (tertiary/aromatic N) is 1. The van der Waals surface area contributed by atoms with Crippen LogP contribution in [0.1, 0.15) is 27.9 Å². The lowest BCUT2D eigenvalue weighted by atomic mass is 9.94. The third kappa shape index (κ3) is 3.47. The summed E-state index contributed by atoms with van der Waals surface area (Å²) in [7, 11) is 0. The molecular formula is C13H14F3NO2. The smallest absolute Gasteiger partial charge is 0.390 e. The summed E-state index contributed by atoms with van der Waals surface area (Å²) < 4.78 is 36.5. The molecule has 0 spiro atoms. The van der Waals surface area contributed by atoms with Gasteiger partial charge in [0, 0.05) is 19.6 Å². The topological polar surface area (TPSA) is 40.5 Å². The van der Waals surface area contributed by atoms with Crippen LogP contribution >= 0.6 is 0 Å². The van der Waals surface area contributed by atoms with Gasteiger partial charge in [-0.15, -0.1) is 0 Å². The second-order valence-corrected chi connectivity index (χ2v) is 4.64. The van der Waals surface area contributed by atoms with Gasteiger partial charge in [-0.05, 0) is 23.6 Å². The van der Waals surface area contributed by atoms with Crippen molar-refractivity contribution in [3.8, 4) is 0 Å². The summed E-state index contributed by atoms with van der Waals surface area (Å²) in [5.74, 6) is -0.986. The van der Waals surface area contributed by atoms with Crippen molar-refractivity contribution in [3.05, 3.63) is 34.9 Å². The molecule has 0 unspecified atom stereocenters. The monoisotopic (exact) mass is 273 g/mol. The number of benzene rings is 1. The molecule has 1 heterocycles. The van der Waals surface area contributed by atoms with Gasteiger partial charge in [-0.2, -0.15) is 13.2 Å². The second-order valence-electron chi connectivity index (χ2n) is 4.64. The average Bonchev–Trinajstić information content (AvgIpc) is 2.34. The molecule has 0 bridgehead atoms. The zero-order chi connectivity index (χ0) is 14.0. The van der Waals surface area contributed by atoms with Crippen LogP contribution in [-0.4, -0.2) is 35.2 Å². The minimum atomic E-state index is -4.15. The first-order chi connectivity index (χ1) is 8.87. The summed E-state index contributed by atoms with van der Waals surface area (Å²) in [6, 6.07) is 4.95. The Bertz CT molecular complexity index is 485. The molecule has 104 valence electrons. The van der Waals surface area contributed by atoms with E-state index in [0.29, 0.717) is 19.5 Å². The van der Waals surface area contributed by atoms with E-state index in [2.05, 4.69) is 0 Å². The first-order valence-electron chi connectivity index (χ1n) is 6.00. The van der Waals surface area contributed by atoms with Gasteiger partial charge >= 0.3 is 12.1 Å². The molecule has 19 heavy (non-hydrogen) atoms. The van der Waals surface area contributed by atoms with E-state index in [1.807, 2.05) is 0 Å². The van der Waals surface area contributed by atoms with Gasteiger partial charge in [-0.25, -0.2) is 4.79 Å². The normalized spacial score (nSPS) is 16.2. The van der Waals surface area contributed by atoms with Crippen LogP contribution in [-0.2, 0) is 13.0 Å². The van der Waals surface area contributed by atoms with E-state index in [-0.39, 0.29) is 12.1 Å². The third-order valence-corrected chi connectivity index (χ3v) is 3.29. The zero-order valence-corrected chi connectivity index (χ0v) is 10.2. The highest BCUT2D eigenvalue weighted by atomic mass is 19.4. The molecule has 6 heteroatoms. The van der Waals surface area contributed by atoms with Crippen LogP contribution in [0.3, 0.4) is 0 Å². The largest absolute Gasteiger partial charge is 0.478 e. The first-order valence-corrected chi connectivity index (χ1v) is 6.00. The summed E-state index contributed by atoms with van der Waals surface area (Å²) in [6.07, 6.45) is -4.50. The lowest BCUT2D eigenvalue weighted by Gasteiger charge is -2.29. The van der Waals surface area contributed by atoms with Crippen molar-refractivity contribution >= 4 is 5.97 Å². The van der Waals surface area contributed by atoms with E-state index in [4.69, 9.17) is 5.11 Å². The Morgan fingerprint density at radius 2 is 2.11 bits per heavy atom. The van der Waals surface area contributed by atoms with Crippen LogP contribution in [0.5, 0.6) is 0 Å². The Balaban J connectivity index is 2.08. The molecule has 2 rings (SSSR count). The maximum atomic E-state index is 12.2. The molecule has 1 N–H and O–H groups in total. The summed E-state index contributed by atoms with van der Waals surface area (Å²) in [4.78, 5) is 12.8. The maximum Gasteiger partial charge on any atom is 0.390 e. The highest BCUT2D eigenvalue weighted by Gasteiger charge is 2.29. The molecule has 0 saturated carbocycles. The van der Waals surface area contributed by atoms with Gasteiger partial charge in [0.15, 0.2) is 0 Å². The van der Waals surface area contributed by atoms with E-state index in [9.17, 15) is 18.0 Å². The third-order valence-electron chi connectivity index (χ3n) is 3.29. The van der Waals surface area contributed by atoms with Gasteiger partial charge in [0.2, 0.25) is 0 Å². The minimum absolute atomic E-state index is 0.0414. The fourth-order valence-corrected chi connectivity index (χ4v) is 2.34. The van der Waals surface area contributed by atoms with Crippen LogP contribution in [0.25, 0.3) is 0 Å². The Hall–Kier alpha value is -1.56. The number of carboxylic acids is 1. The van der Waals surface area contributed by atoms with E-state index < -0.39 is 18.6 Å². The minimum Gasteiger partial charge on any atom is -0.478 e. The van der Waals surface area contributed by atoms with Gasteiger partial charge < -0.3 is 5.11 Å². The lowest BCUT2D eigenvalue weighted by Crippen LogP contribution is -2.34. The molecule has 1 aliphatic rings. The molecule has 0 aromatic heterocycles. The fraction of sp³-hybridized carbons (Fsp3) is 0.462. The predicted octanol–water partition coefficient (Wildman–Crippen LogP) is 2.70. The number of carbonyl (C=O) groups is 1. The molecule has 0 amide bonds. The Morgan fingerprint density at radius 1 is 1.37 bits per heavy atom. The van der Waals surface area contributed by atoms with Gasteiger partial charge in [0.25, 0.3) is 0 Å². The summed E-state index contributed by atoms with van der Waals surface area (Å²) in [5, 5.41) is 9.05.